The minimum absolute atomic E-state index is 1.06. The Balaban J connectivity index is 3.77. The van der Waals surface area contributed by atoms with Crippen molar-refractivity contribution in [2.24, 2.45) is 0 Å². The van der Waals surface area contributed by atoms with Gasteiger partial charge in [-0.05, 0) is 42.9 Å². The van der Waals surface area contributed by atoms with Gasteiger partial charge in [-0.3, -0.25) is 0 Å². The Kier molecular flexibility index (Phi) is 9.14. The molecule has 0 heterocycles. The predicted octanol–water partition coefficient (Wildman–Crippen LogP) is 5.64. The Morgan fingerprint density at radius 3 is 2.19 bits per heavy atom. The van der Waals surface area contributed by atoms with Crippen LogP contribution in [0.25, 0.3) is 0 Å². The molecule has 0 aromatic carbocycles. The van der Waals surface area contributed by atoms with Crippen LogP contribution in [0.1, 0.15) is 39.0 Å². The number of hydrogen-bond donors (Lipinski definition) is 0. The third kappa shape index (κ3) is 8.23. The molecule has 0 aliphatic carbocycles. The molecule has 0 aliphatic heterocycles. The summed E-state index contributed by atoms with van der Waals surface area (Å²) in [5.74, 6) is 0. The topological polar surface area (TPSA) is 0 Å². The summed E-state index contributed by atoms with van der Waals surface area (Å²) in [6.45, 7) is 9.48. The molecule has 0 bridgehead atoms. The highest BCUT2D eigenvalue weighted by Crippen LogP contribution is 2.25. The van der Waals surface area contributed by atoms with E-state index in [9.17, 15) is 0 Å². The lowest BCUT2D eigenvalue weighted by Crippen LogP contribution is -2.21. The molecule has 0 radical (unpaired) electrons. The molecule has 0 aliphatic rings. The van der Waals surface area contributed by atoms with Gasteiger partial charge in [0.05, 0.1) is 8.07 Å². The first-order chi connectivity index (χ1) is 7.52. The van der Waals surface area contributed by atoms with Crippen LogP contribution >= 0.6 is 11.8 Å². The van der Waals surface area contributed by atoms with E-state index in [1.165, 1.54) is 32.1 Å². The lowest BCUT2D eigenvalue weighted by Gasteiger charge is -2.18. The number of hydrogen-bond acceptors (Lipinski definition) is 1. The Morgan fingerprint density at radius 1 is 1.06 bits per heavy atom. The van der Waals surface area contributed by atoms with Crippen LogP contribution in [0, 0.1) is 0 Å². The Labute approximate surface area is 108 Å². The molecule has 0 aromatic rings. The van der Waals surface area contributed by atoms with E-state index in [4.69, 9.17) is 0 Å². The molecule has 0 nitrogen and oxygen atoms in total. The van der Waals surface area contributed by atoms with Crippen LogP contribution in [-0.2, 0) is 0 Å². The Bertz CT molecular complexity index is 223. The van der Waals surface area contributed by atoms with Crippen LogP contribution in [0.2, 0.25) is 19.6 Å². The van der Waals surface area contributed by atoms with Crippen molar-refractivity contribution in [2.75, 3.05) is 6.26 Å². The van der Waals surface area contributed by atoms with Gasteiger partial charge in [-0.1, -0.05) is 44.8 Å². The standard InChI is InChI=1S/C14H28SSi/c1-6-7-8-9-10-11-12-13-14(15-2)16(3,4)5/h7-8,13H,6,9-12H2,1-5H3. The van der Waals surface area contributed by atoms with Gasteiger partial charge < -0.3 is 0 Å². The van der Waals surface area contributed by atoms with Crippen molar-refractivity contribution in [3.05, 3.63) is 22.8 Å². The second-order valence-electron chi connectivity index (χ2n) is 5.19. The zero-order valence-corrected chi connectivity index (χ0v) is 13.5. The smallest absolute Gasteiger partial charge is 0.0853 e. The summed E-state index contributed by atoms with van der Waals surface area (Å²) in [6.07, 6.45) is 15.6. The van der Waals surface area contributed by atoms with Gasteiger partial charge in [0.15, 0.2) is 0 Å². The van der Waals surface area contributed by atoms with Gasteiger partial charge in [-0.15, -0.1) is 11.8 Å². The average molecular weight is 257 g/mol. The summed E-state index contributed by atoms with van der Waals surface area (Å²) >= 11 is 1.96. The zero-order chi connectivity index (χ0) is 12.4. The molecule has 0 saturated carbocycles. The lowest BCUT2D eigenvalue weighted by molar-refractivity contribution is 0.761. The van der Waals surface area contributed by atoms with E-state index in [1.807, 2.05) is 11.8 Å². The highest BCUT2D eigenvalue weighted by atomic mass is 32.2. The number of thioether (sulfide) groups is 1. The maximum absolute atomic E-state index is 2.49. The SMILES string of the molecule is CCC=CCCCCC=C(SC)[Si](C)(C)C. The third-order valence-corrected chi connectivity index (χ3v) is 7.25. The first-order valence-corrected chi connectivity index (χ1v) is 11.1. The minimum atomic E-state index is -1.06. The Hall–Kier alpha value is 0.0469. The van der Waals surface area contributed by atoms with Crippen LogP contribution in [-0.4, -0.2) is 14.3 Å². The quantitative estimate of drug-likeness (QED) is 0.308. The van der Waals surface area contributed by atoms with Crippen molar-refractivity contribution < 1.29 is 0 Å². The van der Waals surface area contributed by atoms with E-state index in [0.717, 1.165) is 0 Å². The maximum atomic E-state index is 2.49. The van der Waals surface area contributed by atoms with Gasteiger partial charge in [0, 0.05) is 0 Å². The van der Waals surface area contributed by atoms with Gasteiger partial charge in [-0.25, -0.2) is 0 Å². The van der Waals surface area contributed by atoms with Crippen molar-refractivity contribution in [3.8, 4) is 0 Å². The van der Waals surface area contributed by atoms with E-state index in [-0.39, 0.29) is 0 Å². The molecule has 94 valence electrons. The van der Waals surface area contributed by atoms with Crippen molar-refractivity contribution in [1.29, 1.82) is 0 Å². The average Bonchev–Trinajstić information content (AvgIpc) is 2.20. The highest BCUT2D eigenvalue weighted by Gasteiger charge is 2.17. The van der Waals surface area contributed by atoms with Crippen LogP contribution in [0.15, 0.2) is 22.8 Å². The van der Waals surface area contributed by atoms with Gasteiger partial charge in [0.25, 0.3) is 0 Å². The molecule has 0 unspecified atom stereocenters. The summed E-state index contributed by atoms with van der Waals surface area (Å²) < 4.78 is 1.66. The molecule has 0 rings (SSSR count). The molecular weight excluding hydrogens is 228 g/mol. The molecule has 0 fully saturated rings. The fraction of sp³-hybridized carbons (Fsp3) is 0.714. The lowest BCUT2D eigenvalue weighted by atomic mass is 10.2. The molecular formula is C14H28SSi. The molecule has 0 saturated heterocycles. The highest BCUT2D eigenvalue weighted by molar-refractivity contribution is 8.04. The summed E-state index contributed by atoms with van der Waals surface area (Å²) in [7, 11) is -1.06. The normalized spacial score (nSPS) is 13.7. The monoisotopic (exact) mass is 256 g/mol. The van der Waals surface area contributed by atoms with E-state index in [0.29, 0.717) is 0 Å². The summed E-state index contributed by atoms with van der Waals surface area (Å²) in [6, 6.07) is 0. The fourth-order valence-electron chi connectivity index (χ4n) is 1.62. The van der Waals surface area contributed by atoms with Crippen LogP contribution in [0.5, 0.6) is 0 Å². The number of allylic oxidation sites excluding steroid dienone is 3. The molecule has 0 amide bonds. The zero-order valence-electron chi connectivity index (χ0n) is 11.7. The first-order valence-electron chi connectivity index (χ1n) is 6.42. The van der Waals surface area contributed by atoms with E-state index < -0.39 is 8.07 Å². The number of rotatable bonds is 8. The largest absolute Gasteiger partial charge is 0.139 e. The van der Waals surface area contributed by atoms with E-state index in [1.54, 1.807) is 4.53 Å². The third-order valence-electron chi connectivity index (χ3n) is 2.52. The Morgan fingerprint density at radius 2 is 1.69 bits per heavy atom. The van der Waals surface area contributed by atoms with E-state index in [2.05, 4.69) is 51.0 Å². The van der Waals surface area contributed by atoms with Gasteiger partial charge >= 0.3 is 0 Å². The van der Waals surface area contributed by atoms with Crippen molar-refractivity contribution >= 4 is 19.8 Å². The van der Waals surface area contributed by atoms with Crippen molar-refractivity contribution in [3.63, 3.8) is 0 Å². The second-order valence-corrected chi connectivity index (χ2v) is 11.4. The van der Waals surface area contributed by atoms with Crippen LogP contribution in [0.4, 0.5) is 0 Å². The van der Waals surface area contributed by atoms with Gasteiger partial charge in [-0.2, -0.15) is 0 Å². The minimum Gasteiger partial charge on any atom is -0.139 e. The fourth-order valence-corrected chi connectivity index (χ4v) is 5.11. The van der Waals surface area contributed by atoms with Crippen molar-refractivity contribution in [1.82, 2.24) is 0 Å². The maximum Gasteiger partial charge on any atom is 0.0853 e. The molecule has 0 spiro atoms. The first kappa shape index (κ1) is 16.0. The van der Waals surface area contributed by atoms with Crippen molar-refractivity contribution in [2.45, 2.75) is 58.7 Å². The summed E-state index contributed by atoms with van der Waals surface area (Å²) in [4.78, 5) is 0. The van der Waals surface area contributed by atoms with Gasteiger partial charge in [0.2, 0.25) is 0 Å². The molecule has 2 heteroatoms. The molecule has 0 atom stereocenters. The molecule has 0 N–H and O–H groups in total. The predicted molar refractivity (Wildman–Crippen MR) is 82.8 cm³/mol. The summed E-state index contributed by atoms with van der Waals surface area (Å²) in [5.41, 5.74) is 0. The van der Waals surface area contributed by atoms with E-state index >= 15 is 0 Å². The molecule has 0 aromatic heterocycles. The molecule has 16 heavy (non-hydrogen) atoms. The summed E-state index contributed by atoms with van der Waals surface area (Å²) in [5, 5.41) is 0. The van der Waals surface area contributed by atoms with Crippen LogP contribution in [0.3, 0.4) is 0 Å². The second kappa shape index (κ2) is 9.12. The number of unbranched alkanes of at least 4 members (excludes halogenated alkanes) is 3. The van der Waals surface area contributed by atoms with Gasteiger partial charge in [0.1, 0.15) is 0 Å². The van der Waals surface area contributed by atoms with Crippen LogP contribution < -0.4 is 0 Å².